The van der Waals surface area contributed by atoms with Gasteiger partial charge in [0.1, 0.15) is 6.61 Å². The number of carbonyl (C=O) groups is 3. The summed E-state index contributed by atoms with van der Waals surface area (Å²) < 4.78 is 5.52. The van der Waals surface area contributed by atoms with Gasteiger partial charge in [0.25, 0.3) is 0 Å². The molecule has 0 saturated heterocycles. The molecule has 1 unspecified atom stereocenters. The molecule has 7 nitrogen and oxygen atoms in total. The van der Waals surface area contributed by atoms with E-state index < -0.39 is 24.0 Å². The standard InChI is InChI=1S/C28H28N2O5/c1-18(15-26(31)29-16-24(27(32)33)19-9-3-2-4-10-19)30-28(34)35-17-25-22-13-7-5-11-20(22)21-12-6-8-14-23(21)25/h2-14,18,24-25H,15-17H2,1H3,(H,29,31)(H,30,34)(H,32,33)/t18-,24?/m0/s1. The summed E-state index contributed by atoms with van der Waals surface area (Å²) in [6, 6.07) is 24.5. The average Bonchev–Trinajstić information content (AvgIpc) is 3.17. The van der Waals surface area contributed by atoms with Crippen LogP contribution in [0.25, 0.3) is 11.1 Å². The highest BCUT2D eigenvalue weighted by atomic mass is 16.5. The van der Waals surface area contributed by atoms with Crippen LogP contribution in [0.2, 0.25) is 0 Å². The van der Waals surface area contributed by atoms with Crippen molar-refractivity contribution in [1.29, 1.82) is 0 Å². The molecule has 0 heterocycles. The lowest BCUT2D eigenvalue weighted by Gasteiger charge is -2.18. The van der Waals surface area contributed by atoms with Crippen molar-refractivity contribution in [3.8, 4) is 11.1 Å². The van der Waals surface area contributed by atoms with Crippen LogP contribution < -0.4 is 10.6 Å². The maximum absolute atomic E-state index is 12.4. The highest BCUT2D eigenvalue weighted by Gasteiger charge is 2.29. The summed E-state index contributed by atoms with van der Waals surface area (Å²) in [6.45, 7) is 1.86. The number of aliphatic carboxylic acids is 1. The van der Waals surface area contributed by atoms with Gasteiger partial charge in [0.2, 0.25) is 5.91 Å². The number of benzene rings is 3. The van der Waals surface area contributed by atoms with Crippen LogP contribution in [-0.2, 0) is 14.3 Å². The third kappa shape index (κ3) is 5.69. The Kier molecular flexibility index (Phi) is 7.45. The minimum atomic E-state index is -1.01. The summed E-state index contributed by atoms with van der Waals surface area (Å²) >= 11 is 0. The van der Waals surface area contributed by atoms with Gasteiger partial charge < -0.3 is 20.5 Å². The Morgan fingerprint density at radius 1 is 0.886 bits per heavy atom. The topological polar surface area (TPSA) is 105 Å². The molecule has 3 N–H and O–H groups in total. The first kappa shape index (κ1) is 24.0. The zero-order valence-corrected chi connectivity index (χ0v) is 19.4. The van der Waals surface area contributed by atoms with Crippen LogP contribution >= 0.6 is 0 Å². The van der Waals surface area contributed by atoms with Crippen molar-refractivity contribution < 1.29 is 24.2 Å². The van der Waals surface area contributed by atoms with Gasteiger partial charge in [0.15, 0.2) is 0 Å². The number of amides is 2. The number of ether oxygens (including phenoxy) is 1. The molecule has 180 valence electrons. The Labute approximate surface area is 204 Å². The monoisotopic (exact) mass is 472 g/mol. The van der Waals surface area contributed by atoms with Crippen molar-refractivity contribution in [2.75, 3.05) is 13.2 Å². The van der Waals surface area contributed by atoms with Gasteiger partial charge in [-0.3, -0.25) is 9.59 Å². The SMILES string of the molecule is C[C@@H](CC(=O)NCC(C(=O)O)c1ccccc1)NC(=O)OCC1c2ccccc2-c2ccccc21. The van der Waals surface area contributed by atoms with E-state index in [9.17, 15) is 19.5 Å². The Hall–Kier alpha value is -4.13. The quantitative estimate of drug-likeness (QED) is 0.431. The first-order valence-electron chi connectivity index (χ1n) is 11.6. The molecular formula is C28H28N2O5. The first-order valence-corrected chi connectivity index (χ1v) is 11.6. The second-order valence-electron chi connectivity index (χ2n) is 8.68. The number of rotatable bonds is 9. The number of carboxylic acids is 1. The molecule has 0 aliphatic heterocycles. The van der Waals surface area contributed by atoms with E-state index in [1.54, 1.807) is 37.3 Å². The summed E-state index contributed by atoms with van der Waals surface area (Å²) in [5, 5.41) is 14.8. The number of carboxylic acid groups (broad SMARTS) is 1. The highest BCUT2D eigenvalue weighted by molar-refractivity contribution is 5.81. The van der Waals surface area contributed by atoms with Gasteiger partial charge in [-0.25, -0.2) is 4.79 Å². The van der Waals surface area contributed by atoms with Crippen LogP contribution in [0.3, 0.4) is 0 Å². The van der Waals surface area contributed by atoms with Gasteiger partial charge >= 0.3 is 12.1 Å². The number of carbonyl (C=O) groups excluding carboxylic acids is 2. The third-order valence-electron chi connectivity index (χ3n) is 6.20. The summed E-state index contributed by atoms with van der Waals surface area (Å²) in [7, 11) is 0. The Morgan fingerprint density at radius 3 is 2.06 bits per heavy atom. The fraction of sp³-hybridized carbons (Fsp3) is 0.250. The van der Waals surface area contributed by atoms with E-state index in [0.29, 0.717) is 5.56 Å². The fourth-order valence-corrected chi connectivity index (χ4v) is 4.49. The fourth-order valence-electron chi connectivity index (χ4n) is 4.49. The molecule has 0 radical (unpaired) electrons. The van der Waals surface area contributed by atoms with Crippen LogP contribution in [0.4, 0.5) is 4.79 Å². The number of alkyl carbamates (subject to hydrolysis) is 1. The molecule has 2 atom stereocenters. The normalized spacial score (nSPS) is 13.7. The van der Waals surface area contributed by atoms with Gasteiger partial charge in [-0.15, -0.1) is 0 Å². The van der Waals surface area contributed by atoms with E-state index in [-0.39, 0.29) is 31.4 Å². The van der Waals surface area contributed by atoms with Gasteiger partial charge in [-0.05, 0) is 34.7 Å². The molecule has 0 saturated carbocycles. The molecule has 2 amide bonds. The van der Waals surface area contributed by atoms with Gasteiger partial charge in [0.05, 0.1) is 5.92 Å². The minimum absolute atomic E-state index is 0.00528. The van der Waals surface area contributed by atoms with E-state index >= 15 is 0 Å². The maximum atomic E-state index is 12.4. The molecule has 0 fully saturated rings. The smallest absolute Gasteiger partial charge is 0.407 e. The lowest BCUT2D eigenvalue weighted by molar-refractivity contribution is -0.138. The predicted molar refractivity (Wildman–Crippen MR) is 132 cm³/mol. The Bertz CT molecular complexity index is 1170. The van der Waals surface area contributed by atoms with Crippen molar-refractivity contribution in [1.82, 2.24) is 10.6 Å². The van der Waals surface area contributed by atoms with Crippen LogP contribution in [0.1, 0.15) is 41.9 Å². The summed E-state index contributed by atoms with van der Waals surface area (Å²) in [6.07, 6.45) is -0.592. The molecule has 1 aliphatic carbocycles. The van der Waals surface area contributed by atoms with E-state index in [0.717, 1.165) is 22.3 Å². The van der Waals surface area contributed by atoms with Crippen molar-refractivity contribution in [3.63, 3.8) is 0 Å². The minimum Gasteiger partial charge on any atom is -0.481 e. The molecule has 0 aromatic heterocycles. The maximum Gasteiger partial charge on any atom is 0.407 e. The summed E-state index contributed by atoms with van der Waals surface area (Å²) in [5.74, 6) is -2.25. The van der Waals surface area contributed by atoms with Gasteiger partial charge in [0, 0.05) is 24.9 Å². The zero-order valence-electron chi connectivity index (χ0n) is 19.4. The van der Waals surface area contributed by atoms with Crippen LogP contribution in [0.5, 0.6) is 0 Å². The van der Waals surface area contributed by atoms with Crippen LogP contribution in [0.15, 0.2) is 78.9 Å². The van der Waals surface area contributed by atoms with E-state index in [4.69, 9.17) is 4.74 Å². The van der Waals surface area contributed by atoms with E-state index in [2.05, 4.69) is 22.8 Å². The van der Waals surface area contributed by atoms with Crippen molar-refractivity contribution in [3.05, 3.63) is 95.6 Å². The molecule has 1 aliphatic rings. The van der Waals surface area contributed by atoms with Crippen molar-refractivity contribution in [2.45, 2.75) is 31.2 Å². The molecule has 3 aromatic rings. The number of fused-ring (bicyclic) bond motifs is 3. The lowest BCUT2D eigenvalue weighted by Crippen LogP contribution is -2.39. The van der Waals surface area contributed by atoms with Crippen molar-refractivity contribution >= 4 is 18.0 Å². The van der Waals surface area contributed by atoms with Crippen LogP contribution in [-0.4, -0.2) is 42.3 Å². The molecule has 0 spiro atoms. The number of hydrogen-bond acceptors (Lipinski definition) is 4. The third-order valence-corrected chi connectivity index (χ3v) is 6.20. The molecule has 4 rings (SSSR count). The zero-order chi connectivity index (χ0) is 24.8. The lowest BCUT2D eigenvalue weighted by atomic mass is 9.98. The second-order valence-corrected chi connectivity index (χ2v) is 8.68. The number of nitrogens with one attached hydrogen (secondary N) is 2. The summed E-state index contributed by atoms with van der Waals surface area (Å²) in [4.78, 5) is 36.3. The number of hydrogen-bond donors (Lipinski definition) is 3. The second kappa shape index (κ2) is 10.9. The van der Waals surface area contributed by atoms with Gasteiger partial charge in [-0.1, -0.05) is 78.9 Å². The Balaban J connectivity index is 1.26. The van der Waals surface area contributed by atoms with E-state index in [1.807, 2.05) is 36.4 Å². The first-order chi connectivity index (χ1) is 16.9. The molecule has 7 heteroatoms. The molecule has 0 bridgehead atoms. The Morgan fingerprint density at radius 2 is 1.46 bits per heavy atom. The average molecular weight is 473 g/mol. The molecule has 35 heavy (non-hydrogen) atoms. The van der Waals surface area contributed by atoms with Crippen molar-refractivity contribution in [2.24, 2.45) is 0 Å². The summed E-state index contributed by atoms with van der Waals surface area (Å²) in [5.41, 5.74) is 5.17. The highest BCUT2D eigenvalue weighted by Crippen LogP contribution is 2.44. The van der Waals surface area contributed by atoms with Gasteiger partial charge in [-0.2, -0.15) is 0 Å². The molecule has 3 aromatic carbocycles. The van der Waals surface area contributed by atoms with Crippen LogP contribution in [0, 0.1) is 0 Å². The van der Waals surface area contributed by atoms with E-state index in [1.165, 1.54) is 0 Å². The predicted octanol–water partition coefficient (Wildman–Crippen LogP) is 4.29. The molecular weight excluding hydrogens is 444 g/mol. The largest absolute Gasteiger partial charge is 0.481 e.